The Hall–Kier alpha value is -4.26. The highest BCUT2D eigenvalue weighted by Crippen LogP contribution is 2.32. The zero-order chi connectivity index (χ0) is 23.5. The largest absolute Gasteiger partial charge is 0.497 e. The first-order valence-corrected chi connectivity index (χ1v) is 10.7. The zero-order valence-corrected chi connectivity index (χ0v) is 18.4. The molecule has 0 amide bonds. The van der Waals surface area contributed by atoms with Crippen LogP contribution in [0.5, 0.6) is 11.6 Å². The molecule has 0 spiro atoms. The average molecular weight is 457 g/mol. The Kier molecular flexibility index (Phi) is 5.91. The monoisotopic (exact) mass is 457 g/mol. The first-order chi connectivity index (χ1) is 16.6. The Morgan fingerprint density at radius 1 is 0.853 bits per heavy atom. The molecule has 0 bridgehead atoms. The third kappa shape index (κ3) is 4.32. The van der Waals surface area contributed by atoms with Gasteiger partial charge >= 0.3 is 0 Å². The van der Waals surface area contributed by atoms with Crippen molar-refractivity contribution in [3.63, 3.8) is 0 Å². The molecule has 0 aliphatic rings. The number of hydrogen-bond acceptors (Lipinski definition) is 4. The van der Waals surface area contributed by atoms with E-state index in [4.69, 9.17) is 9.47 Å². The summed E-state index contributed by atoms with van der Waals surface area (Å²) in [5.41, 5.74) is 3.41. The molecule has 0 atom stereocenters. The molecule has 5 aromatic rings. The number of aromatic nitrogens is 3. The molecule has 0 aliphatic carbocycles. The number of rotatable bonds is 7. The van der Waals surface area contributed by atoms with Gasteiger partial charge in [-0.15, -0.1) is 0 Å². The van der Waals surface area contributed by atoms with Crippen molar-refractivity contribution in [2.24, 2.45) is 0 Å². The first kappa shape index (κ1) is 21.6. The average Bonchev–Trinajstić information content (AvgIpc) is 3.20. The predicted octanol–water partition coefficient (Wildman–Crippen LogP) is 6.01. The van der Waals surface area contributed by atoms with E-state index in [1.165, 1.54) is 6.07 Å². The topological polar surface area (TPSA) is 49.2 Å². The summed E-state index contributed by atoms with van der Waals surface area (Å²) in [7, 11) is 1.62. The molecule has 0 aliphatic heterocycles. The minimum Gasteiger partial charge on any atom is -0.497 e. The van der Waals surface area contributed by atoms with Gasteiger partial charge in [0.1, 0.15) is 18.2 Å². The number of benzene rings is 3. The van der Waals surface area contributed by atoms with Gasteiger partial charge in [0.15, 0.2) is 11.6 Å². The number of halogens is 2. The molecule has 3 aromatic carbocycles. The van der Waals surface area contributed by atoms with Gasteiger partial charge in [-0.25, -0.2) is 18.7 Å². The Morgan fingerprint density at radius 3 is 2.38 bits per heavy atom. The summed E-state index contributed by atoms with van der Waals surface area (Å²) in [5, 5.41) is 0. The van der Waals surface area contributed by atoms with Crippen molar-refractivity contribution in [1.29, 1.82) is 0 Å². The lowest BCUT2D eigenvalue weighted by atomic mass is 10.2. The Balaban J connectivity index is 1.56. The summed E-state index contributed by atoms with van der Waals surface area (Å²) in [6.45, 7) is 0.709. The molecule has 0 radical (unpaired) electrons. The fourth-order valence-electron chi connectivity index (χ4n) is 3.80. The van der Waals surface area contributed by atoms with Gasteiger partial charge in [-0.2, -0.15) is 0 Å². The van der Waals surface area contributed by atoms with Crippen LogP contribution in [0.1, 0.15) is 11.1 Å². The van der Waals surface area contributed by atoms with E-state index in [9.17, 15) is 8.78 Å². The molecule has 7 heteroatoms. The standard InChI is InChI=1S/C27H21F2N3O2/c1-33-20-11-9-19(10-12-20)17-34-27-21(8-5-13-30-27)26-31-24-14-22(28)23(29)15-25(24)32(26)16-18-6-3-2-4-7-18/h2-15H,16-17H2,1H3. The molecule has 5 rings (SSSR count). The molecular formula is C27H21F2N3O2. The molecule has 0 saturated heterocycles. The van der Waals surface area contributed by atoms with Gasteiger partial charge in [0.2, 0.25) is 5.88 Å². The van der Waals surface area contributed by atoms with Crippen molar-refractivity contribution in [2.45, 2.75) is 13.2 Å². The Bertz CT molecular complexity index is 1430. The molecule has 2 heterocycles. The van der Waals surface area contributed by atoms with E-state index in [0.717, 1.165) is 22.9 Å². The second-order valence-corrected chi connectivity index (χ2v) is 7.76. The van der Waals surface area contributed by atoms with Crippen molar-refractivity contribution in [2.75, 3.05) is 7.11 Å². The molecule has 170 valence electrons. The lowest BCUT2D eigenvalue weighted by Gasteiger charge is -2.13. The number of fused-ring (bicyclic) bond motifs is 1. The lowest BCUT2D eigenvalue weighted by Crippen LogP contribution is -2.05. The van der Waals surface area contributed by atoms with Crippen LogP contribution < -0.4 is 9.47 Å². The quantitative estimate of drug-likeness (QED) is 0.300. The SMILES string of the molecule is COc1ccc(COc2ncccc2-c2nc3cc(F)c(F)cc3n2Cc2ccccc2)cc1. The normalized spacial score (nSPS) is 11.0. The van der Waals surface area contributed by atoms with Crippen LogP contribution in [0, 0.1) is 11.6 Å². The van der Waals surface area contributed by atoms with Crippen molar-refractivity contribution in [3.05, 3.63) is 108 Å². The van der Waals surface area contributed by atoms with E-state index >= 15 is 0 Å². The molecule has 0 fully saturated rings. The van der Waals surface area contributed by atoms with Crippen molar-refractivity contribution in [1.82, 2.24) is 14.5 Å². The minimum atomic E-state index is -0.939. The zero-order valence-electron chi connectivity index (χ0n) is 18.4. The van der Waals surface area contributed by atoms with Gasteiger partial charge in [-0.05, 0) is 35.4 Å². The highest BCUT2D eigenvalue weighted by molar-refractivity contribution is 5.82. The molecule has 0 unspecified atom stereocenters. The highest BCUT2D eigenvalue weighted by atomic mass is 19.2. The van der Waals surface area contributed by atoms with Crippen LogP contribution >= 0.6 is 0 Å². The van der Waals surface area contributed by atoms with Crippen LogP contribution in [0.25, 0.3) is 22.4 Å². The van der Waals surface area contributed by atoms with E-state index in [1.54, 1.807) is 19.4 Å². The van der Waals surface area contributed by atoms with Crippen LogP contribution in [0.2, 0.25) is 0 Å². The lowest BCUT2D eigenvalue weighted by molar-refractivity contribution is 0.295. The fraction of sp³-hybridized carbons (Fsp3) is 0.111. The van der Waals surface area contributed by atoms with E-state index in [-0.39, 0.29) is 6.61 Å². The third-order valence-corrected chi connectivity index (χ3v) is 5.52. The molecule has 34 heavy (non-hydrogen) atoms. The molecule has 0 saturated carbocycles. The number of ether oxygens (including phenoxy) is 2. The smallest absolute Gasteiger partial charge is 0.224 e. The maximum atomic E-state index is 14.2. The summed E-state index contributed by atoms with van der Waals surface area (Å²) < 4.78 is 41.2. The van der Waals surface area contributed by atoms with Crippen LogP contribution in [-0.2, 0) is 13.2 Å². The summed E-state index contributed by atoms with van der Waals surface area (Å²) in [4.78, 5) is 9.05. The van der Waals surface area contributed by atoms with Crippen LogP contribution in [0.3, 0.4) is 0 Å². The fourth-order valence-corrected chi connectivity index (χ4v) is 3.80. The molecule has 5 nitrogen and oxygen atoms in total. The first-order valence-electron chi connectivity index (χ1n) is 10.7. The van der Waals surface area contributed by atoms with Gasteiger partial charge in [0, 0.05) is 24.9 Å². The van der Waals surface area contributed by atoms with Gasteiger partial charge in [-0.1, -0.05) is 42.5 Å². The summed E-state index contributed by atoms with van der Waals surface area (Å²) >= 11 is 0. The third-order valence-electron chi connectivity index (χ3n) is 5.52. The maximum Gasteiger partial charge on any atom is 0.224 e. The maximum absolute atomic E-state index is 14.2. The van der Waals surface area contributed by atoms with E-state index in [1.807, 2.05) is 65.2 Å². The molecule has 0 N–H and O–H groups in total. The van der Waals surface area contributed by atoms with Gasteiger partial charge < -0.3 is 14.0 Å². The van der Waals surface area contributed by atoms with Crippen molar-refractivity contribution in [3.8, 4) is 23.0 Å². The second-order valence-electron chi connectivity index (χ2n) is 7.76. The van der Waals surface area contributed by atoms with E-state index in [2.05, 4.69) is 9.97 Å². The number of nitrogens with zero attached hydrogens (tertiary/aromatic N) is 3. The predicted molar refractivity (Wildman–Crippen MR) is 126 cm³/mol. The summed E-state index contributed by atoms with van der Waals surface area (Å²) in [6, 6.07) is 23.2. The van der Waals surface area contributed by atoms with Crippen molar-refractivity contribution < 1.29 is 18.3 Å². The summed E-state index contributed by atoms with van der Waals surface area (Å²) in [6.07, 6.45) is 1.64. The summed E-state index contributed by atoms with van der Waals surface area (Å²) in [5.74, 6) is -0.206. The van der Waals surface area contributed by atoms with Crippen LogP contribution in [-0.4, -0.2) is 21.6 Å². The minimum absolute atomic E-state index is 0.288. The number of hydrogen-bond donors (Lipinski definition) is 0. The highest BCUT2D eigenvalue weighted by Gasteiger charge is 2.19. The molecule has 2 aromatic heterocycles. The van der Waals surface area contributed by atoms with Gasteiger partial charge in [-0.3, -0.25) is 0 Å². The van der Waals surface area contributed by atoms with Crippen LogP contribution in [0.4, 0.5) is 8.78 Å². The van der Waals surface area contributed by atoms with Crippen LogP contribution in [0.15, 0.2) is 85.1 Å². The Morgan fingerprint density at radius 2 is 1.62 bits per heavy atom. The number of pyridine rings is 1. The van der Waals surface area contributed by atoms with Gasteiger partial charge in [0.05, 0.1) is 23.7 Å². The molecular weight excluding hydrogens is 436 g/mol. The number of methoxy groups -OCH3 is 1. The van der Waals surface area contributed by atoms with Crippen molar-refractivity contribution >= 4 is 11.0 Å². The van der Waals surface area contributed by atoms with E-state index in [0.29, 0.717) is 34.8 Å². The second kappa shape index (κ2) is 9.31. The van der Waals surface area contributed by atoms with E-state index < -0.39 is 11.6 Å². The van der Waals surface area contributed by atoms with Gasteiger partial charge in [0.25, 0.3) is 0 Å². The number of imidazole rings is 1. The Labute approximate surface area is 195 Å².